The lowest BCUT2D eigenvalue weighted by atomic mass is 10.1. The van der Waals surface area contributed by atoms with E-state index < -0.39 is 0 Å². The van der Waals surface area contributed by atoms with Crippen molar-refractivity contribution in [2.45, 2.75) is 39.2 Å². The third-order valence-corrected chi connectivity index (χ3v) is 3.47. The lowest BCUT2D eigenvalue weighted by Crippen LogP contribution is -2.40. The van der Waals surface area contributed by atoms with E-state index in [1.54, 1.807) is 0 Å². The van der Waals surface area contributed by atoms with E-state index in [2.05, 4.69) is 22.9 Å². The quantitative estimate of drug-likeness (QED) is 0.664. The van der Waals surface area contributed by atoms with Gasteiger partial charge in [0.1, 0.15) is 5.75 Å². The zero-order valence-electron chi connectivity index (χ0n) is 12.3. The van der Waals surface area contributed by atoms with Gasteiger partial charge in [0.15, 0.2) is 5.96 Å². The number of rotatable bonds is 5. The van der Waals surface area contributed by atoms with Crippen LogP contribution < -0.4 is 10.5 Å². The van der Waals surface area contributed by atoms with Crippen LogP contribution in [0.4, 0.5) is 0 Å². The summed E-state index contributed by atoms with van der Waals surface area (Å²) < 4.78 is 5.63. The summed E-state index contributed by atoms with van der Waals surface area (Å²) in [6, 6.07) is 8.10. The van der Waals surface area contributed by atoms with Crippen LogP contribution in [0.2, 0.25) is 0 Å². The van der Waals surface area contributed by atoms with E-state index in [-0.39, 0.29) is 0 Å². The average molecular weight is 275 g/mol. The third kappa shape index (κ3) is 4.44. The molecule has 1 aromatic rings. The maximum absolute atomic E-state index is 6.06. The van der Waals surface area contributed by atoms with Gasteiger partial charge in [-0.3, -0.25) is 0 Å². The number of likely N-dealkylation sites (tertiary alicyclic amines) is 1. The Hall–Kier alpha value is -1.71. The van der Waals surface area contributed by atoms with Gasteiger partial charge in [-0.05, 0) is 43.4 Å². The Morgan fingerprint density at radius 1 is 1.30 bits per heavy atom. The lowest BCUT2D eigenvalue weighted by Gasteiger charge is -2.27. The Morgan fingerprint density at radius 2 is 2.10 bits per heavy atom. The van der Waals surface area contributed by atoms with Gasteiger partial charge >= 0.3 is 0 Å². The van der Waals surface area contributed by atoms with Crippen molar-refractivity contribution in [3.8, 4) is 5.75 Å². The molecule has 1 heterocycles. The van der Waals surface area contributed by atoms with Crippen LogP contribution in [0.5, 0.6) is 5.75 Å². The standard InChI is InChI=1S/C16H25N3O/c1-2-11-20-15-8-6-7-14(12-15)13-18-16(17)19-9-4-3-5-10-19/h6-8,12H,2-5,9-11,13H2,1H3,(H2,17,18). The minimum atomic E-state index is 0.617. The van der Waals surface area contributed by atoms with Crippen LogP contribution >= 0.6 is 0 Å². The molecule has 0 aliphatic carbocycles. The summed E-state index contributed by atoms with van der Waals surface area (Å²) in [4.78, 5) is 6.69. The minimum Gasteiger partial charge on any atom is -0.494 e. The Kier molecular flexibility index (Phi) is 5.71. The van der Waals surface area contributed by atoms with Crippen LogP contribution in [-0.4, -0.2) is 30.6 Å². The van der Waals surface area contributed by atoms with Crippen LogP contribution in [0.1, 0.15) is 38.2 Å². The Balaban J connectivity index is 1.91. The molecular weight excluding hydrogens is 250 g/mol. The zero-order valence-corrected chi connectivity index (χ0v) is 12.3. The highest BCUT2D eigenvalue weighted by Crippen LogP contribution is 2.15. The second-order valence-electron chi connectivity index (χ2n) is 5.22. The molecule has 110 valence electrons. The van der Waals surface area contributed by atoms with E-state index in [0.717, 1.165) is 37.4 Å². The predicted octanol–water partition coefficient (Wildman–Crippen LogP) is 2.78. The first-order valence-corrected chi connectivity index (χ1v) is 7.56. The molecule has 0 atom stereocenters. The van der Waals surface area contributed by atoms with Crippen molar-refractivity contribution in [2.75, 3.05) is 19.7 Å². The van der Waals surface area contributed by atoms with Crippen LogP contribution in [0.3, 0.4) is 0 Å². The molecule has 1 aromatic carbocycles. The van der Waals surface area contributed by atoms with E-state index in [9.17, 15) is 0 Å². The predicted molar refractivity (Wildman–Crippen MR) is 83.0 cm³/mol. The largest absolute Gasteiger partial charge is 0.494 e. The molecule has 1 aliphatic rings. The van der Waals surface area contributed by atoms with Gasteiger partial charge in [-0.15, -0.1) is 0 Å². The molecule has 2 N–H and O–H groups in total. The summed E-state index contributed by atoms with van der Waals surface area (Å²) in [5, 5.41) is 0. The first-order chi connectivity index (χ1) is 9.79. The first-order valence-electron chi connectivity index (χ1n) is 7.56. The van der Waals surface area contributed by atoms with E-state index in [1.165, 1.54) is 19.3 Å². The van der Waals surface area contributed by atoms with Crippen LogP contribution in [0, 0.1) is 0 Å². The fourth-order valence-corrected chi connectivity index (χ4v) is 2.35. The fourth-order valence-electron chi connectivity index (χ4n) is 2.35. The topological polar surface area (TPSA) is 50.9 Å². The molecule has 4 nitrogen and oxygen atoms in total. The number of hydrogen-bond acceptors (Lipinski definition) is 2. The molecule has 1 aliphatic heterocycles. The molecule has 1 fully saturated rings. The van der Waals surface area contributed by atoms with Crippen LogP contribution in [0.15, 0.2) is 29.3 Å². The van der Waals surface area contributed by atoms with Gasteiger partial charge in [-0.25, -0.2) is 4.99 Å². The molecule has 0 radical (unpaired) electrons. The molecule has 4 heteroatoms. The van der Waals surface area contributed by atoms with E-state index in [4.69, 9.17) is 10.5 Å². The van der Waals surface area contributed by atoms with Gasteiger partial charge in [-0.2, -0.15) is 0 Å². The van der Waals surface area contributed by atoms with E-state index in [1.807, 2.05) is 18.2 Å². The van der Waals surface area contributed by atoms with Crippen molar-refractivity contribution in [1.82, 2.24) is 4.90 Å². The maximum atomic E-state index is 6.06. The van der Waals surface area contributed by atoms with Gasteiger partial charge in [0, 0.05) is 13.1 Å². The number of aliphatic imine (C=N–C) groups is 1. The molecule has 0 bridgehead atoms. The normalized spacial score (nSPS) is 16.2. The third-order valence-electron chi connectivity index (χ3n) is 3.47. The Labute approximate surface area is 121 Å². The smallest absolute Gasteiger partial charge is 0.191 e. The van der Waals surface area contributed by atoms with Crippen molar-refractivity contribution < 1.29 is 4.74 Å². The van der Waals surface area contributed by atoms with Crippen molar-refractivity contribution in [3.05, 3.63) is 29.8 Å². The number of piperidine rings is 1. The van der Waals surface area contributed by atoms with Crippen LogP contribution in [0.25, 0.3) is 0 Å². The summed E-state index contributed by atoms with van der Waals surface area (Å²) >= 11 is 0. The highest BCUT2D eigenvalue weighted by molar-refractivity contribution is 5.78. The SMILES string of the molecule is CCCOc1cccc(CN=C(N)N2CCCCC2)c1. The monoisotopic (exact) mass is 275 g/mol. The molecule has 0 saturated carbocycles. The average Bonchev–Trinajstić information content (AvgIpc) is 2.52. The van der Waals surface area contributed by atoms with Crippen molar-refractivity contribution in [3.63, 3.8) is 0 Å². The number of benzene rings is 1. The van der Waals surface area contributed by atoms with Gasteiger partial charge in [-0.1, -0.05) is 19.1 Å². The number of hydrogen-bond donors (Lipinski definition) is 1. The second kappa shape index (κ2) is 7.78. The molecule has 0 amide bonds. The fraction of sp³-hybridized carbons (Fsp3) is 0.562. The molecule has 0 spiro atoms. The Bertz CT molecular complexity index is 439. The maximum Gasteiger partial charge on any atom is 0.191 e. The van der Waals surface area contributed by atoms with Crippen LogP contribution in [-0.2, 0) is 6.54 Å². The summed E-state index contributed by atoms with van der Waals surface area (Å²) in [5.41, 5.74) is 7.20. The molecule has 2 rings (SSSR count). The highest BCUT2D eigenvalue weighted by Gasteiger charge is 2.11. The van der Waals surface area contributed by atoms with Gasteiger partial charge in [0.25, 0.3) is 0 Å². The van der Waals surface area contributed by atoms with Gasteiger partial charge in [0.2, 0.25) is 0 Å². The summed E-state index contributed by atoms with van der Waals surface area (Å²) in [7, 11) is 0. The molecule has 20 heavy (non-hydrogen) atoms. The Morgan fingerprint density at radius 3 is 2.85 bits per heavy atom. The molecular formula is C16H25N3O. The number of guanidine groups is 1. The van der Waals surface area contributed by atoms with Gasteiger partial charge < -0.3 is 15.4 Å². The molecule has 0 unspecified atom stereocenters. The first kappa shape index (κ1) is 14.7. The van der Waals surface area contributed by atoms with E-state index in [0.29, 0.717) is 12.5 Å². The summed E-state index contributed by atoms with van der Waals surface area (Å²) in [6.07, 6.45) is 4.76. The number of nitrogens with two attached hydrogens (primary N) is 1. The molecule has 1 saturated heterocycles. The van der Waals surface area contributed by atoms with Gasteiger partial charge in [0.05, 0.1) is 13.2 Å². The number of ether oxygens (including phenoxy) is 1. The number of nitrogens with zero attached hydrogens (tertiary/aromatic N) is 2. The lowest BCUT2D eigenvalue weighted by molar-refractivity contribution is 0.317. The minimum absolute atomic E-state index is 0.617. The van der Waals surface area contributed by atoms with E-state index >= 15 is 0 Å². The highest BCUT2D eigenvalue weighted by atomic mass is 16.5. The second-order valence-corrected chi connectivity index (χ2v) is 5.22. The van der Waals surface area contributed by atoms with Crippen molar-refractivity contribution in [1.29, 1.82) is 0 Å². The van der Waals surface area contributed by atoms with Crippen molar-refractivity contribution >= 4 is 5.96 Å². The summed E-state index contributed by atoms with van der Waals surface area (Å²) in [6.45, 7) is 5.55. The summed E-state index contributed by atoms with van der Waals surface area (Å²) in [5.74, 6) is 1.58. The van der Waals surface area contributed by atoms with Crippen molar-refractivity contribution in [2.24, 2.45) is 10.7 Å². The molecule has 0 aromatic heterocycles. The zero-order chi connectivity index (χ0) is 14.2.